The summed E-state index contributed by atoms with van der Waals surface area (Å²) < 4.78 is 0. The number of hydrogen-bond acceptors (Lipinski definition) is 21. The van der Waals surface area contributed by atoms with Crippen molar-refractivity contribution in [2.45, 2.75) is 231 Å². The second kappa shape index (κ2) is 49.2. The molecule has 0 aromatic carbocycles. The van der Waals surface area contributed by atoms with Gasteiger partial charge in [0.1, 0.15) is 72.5 Å². The minimum Gasteiger partial charge on any atom is -0.394 e. The van der Waals surface area contributed by atoms with E-state index in [9.17, 15) is 82.1 Å². The molecule has 1 heterocycles. The fraction of sp³-hybridized carbons (Fsp3) is 0.769. The lowest BCUT2D eigenvalue weighted by molar-refractivity contribution is -0.143. The maximum absolute atomic E-state index is 14.6. The second-order valence-corrected chi connectivity index (χ2v) is 28.8. The Morgan fingerprint density at radius 1 is 0.455 bits per heavy atom. The standard InChI is InChI=1S/C65H117N17O17S2/c1-35(2)29-45(60(94)73-44(23-28-101-11)58(92)79-48(33-83)54(69)88)77-62(96)49(34-84)80-57(91)43(22-27-100-10)72-52(87)32-70-55(89)42(20-21-51(68)86)75-64(98)53(38(7)8)81-59(93)41(18-13-15-25-67)74-63(97)50-19-16-26-82(50)65(99)47(31-37(5)6)78-61(95)46(30-36(3)4)76-56(90)40(71-39(9)85)17-12-14-24-66/h35-38,40-50,53,83-84H,12-34,66-67H2,1-11H3,(H2,68,86)(H2,69,88)(H,70,89)(H,71,85)(H,72,87)(H,73,94)(H,74,97)(H,75,98)(H,76,90)(H,77,96)(H,78,95)(H,79,92)(H,80,91)(H,81,93)/t40-,41-,42-,43-,44-,45-,46-,47-,48-,49-,50-,53-/m0/s1. The first-order valence-corrected chi connectivity index (χ1v) is 37.4. The third kappa shape index (κ3) is 35.4. The van der Waals surface area contributed by atoms with Gasteiger partial charge in [0.25, 0.3) is 0 Å². The molecule has 0 aromatic rings. The molecule has 1 aliphatic rings. The highest BCUT2D eigenvalue weighted by atomic mass is 32.2. The first-order chi connectivity index (χ1) is 47.6. The molecule has 34 nitrogen and oxygen atoms in total. The lowest BCUT2D eigenvalue weighted by atomic mass is 9.99. The molecule has 1 fully saturated rings. The molecule has 0 aliphatic carbocycles. The fourth-order valence-electron chi connectivity index (χ4n) is 10.8. The number of rotatable bonds is 51. The zero-order valence-electron chi connectivity index (χ0n) is 60.6. The molecule has 1 saturated heterocycles. The molecule has 576 valence electrons. The number of unbranched alkanes of at least 4 members (excludes halogenated alkanes) is 2. The molecule has 0 unspecified atom stereocenters. The number of aliphatic hydroxyl groups excluding tert-OH is 2. The monoisotopic (exact) mass is 1470 g/mol. The van der Waals surface area contributed by atoms with Gasteiger partial charge in [-0.05, 0) is 151 Å². The van der Waals surface area contributed by atoms with Gasteiger partial charge >= 0.3 is 0 Å². The predicted molar refractivity (Wildman–Crippen MR) is 381 cm³/mol. The van der Waals surface area contributed by atoms with Crippen molar-refractivity contribution in [2.24, 2.45) is 46.6 Å². The van der Waals surface area contributed by atoms with Crippen LogP contribution in [-0.4, -0.2) is 240 Å². The lowest BCUT2D eigenvalue weighted by Gasteiger charge is -2.32. The van der Waals surface area contributed by atoms with E-state index in [1.807, 2.05) is 27.7 Å². The molecule has 0 bridgehead atoms. The maximum atomic E-state index is 14.6. The van der Waals surface area contributed by atoms with E-state index in [0.29, 0.717) is 44.4 Å². The number of nitrogens with one attached hydrogen (secondary N) is 12. The number of carbonyl (C=O) groups excluding carboxylic acids is 15. The predicted octanol–water partition coefficient (Wildman–Crippen LogP) is -4.26. The fourth-order valence-corrected chi connectivity index (χ4v) is 11.8. The largest absolute Gasteiger partial charge is 0.394 e. The van der Waals surface area contributed by atoms with Crippen LogP contribution < -0.4 is 86.7 Å². The van der Waals surface area contributed by atoms with E-state index in [-0.39, 0.29) is 94.4 Å². The van der Waals surface area contributed by atoms with Gasteiger partial charge in [0, 0.05) is 19.9 Å². The Bertz CT molecular complexity index is 2730. The topological polar surface area (TPSA) is 548 Å². The number of carbonyl (C=O) groups is 15. The molecule has 0 saturated carbocycles. The van der Waals surface area contributed by atoms with Crippen LogP contribution in [0.4, 0.5) is 0 Å². The molecule has 101 heavy (non-hydrogen) atoms. The van der Waals surface area contributed by atoms with E-state index in [0.717, 1.165) is 0 Å². The molecular weight excluding hydrogens is 1350 g/mol. The Morgan fingerprint density at radius 3 is 1.30 bits per heavy atom. The number of aliphatic hydroxyl groups is 2. The van der Waals surface area contributed by atoms with Crippen molar-refractivity contribution in [3.8, 4) is 0 Å². The van der Waals surface area contributed by atoms with Gasteiger partial charge in [0.05, 0.1) is 19.8 Å². The number of likely N-dealkylation sites (tertiary alicyclic amines) is 1. The van der Waals surface area contributed by atoms with Gasteiger partial charge in [0.15, 0.2) is 0 Å². The lowest BCUT2D eigenvalue weighted by Crippen LogP contribution is -2.61. The van der Waals surface area contributed by atoms with Gasteiger partial charge < -0.3 is 102 Å². The molecule has 1 aliphatic heterocycles. The smallest absolute Gasteiger partial charge is 0.245 e. The second-order valence-electron chi connectivity index (χ2n) is 26.8. The summed E-state index contributed by atoms with van der Waals surface area (Å²) >= 11 is 2.65. The summed E-state index contributed by atoms with van der Waals surface area (Å²) in [6.45, 7) is 13.5. The highest BCUT2D eigenvalue weighted by Gasteiger charge is 2.41. The molecule has 36 heteroatoms. The van der Waals surface area contributed by atoms with Crippen molar-refractivity contribution in [3.05, 3.63) is 0 Å². The van der Waals surface area contributed by atoms with E-state index in [1.165, 1.54) is 35.3 Å². The minimum atomic E-state index is -1.68. The van der Waals surface area contributed by atoms with Crippen LogP contribution in [0.1, 0.15) is 159 Å². The Kier molecular flexibility index (Phi) is 44.7. The third-order valence-electron chi connectivity index (χ3n) is 16.2. The molecule has 22 N–H and O–H groups in total. The molecule has 0 radical (unpaired) electrons. The highest BCUT2D eigenvalue weighted by molar-refractivity contribution is 7.98. The van der Waals surface area contributed by atoms with E-state index in [1.54, 1.807) is 40.2 Å². The van der Waals surface area contributed by atoms with Gasteiger partial charge in [-0.15, -0.1) is 0 Å². The summed E-state index contributed by atoms with van der Waals surface area (Å²) in [5.74, 6) is -12.5. The Labute approximate surface area is 601 Å². The molecule has 15 amide bonds. The summed E-state index contributed by atoms with van der Waals surface area (Å²) in [6.07, 6.45) is 5.90. The van der Waals surface area contributed by atoms with Crippen LogP contribution in [0.3, 0.4) is 0 Å². The Hall–Kier alpha value is -7.41. The van der Waals surface area contributed by atoms with Crippen molar-refractivity contribution in [3.63, 3.8) is 0 Å². The van der Waals surface area contributed by atoms with Crippen molar-refractivity contribution in [1.82, 2.24) is 68.7 Å². The number of thioether (sulfide) groups is 2. The Morgan fingerprint density at radius 2 is 0.851 bits per heavy atom. The van der Waals surface area contributed by atoms with Crippen molar-refractivity contribution >= 4 is 112 Å². The van der Waals surface area contributed by atoms with Crippen molar-refractivity contribution in [2.75, 3.05) is 63.4 Å². The Balaban J connectivity index is 3.39. The van der Waals surface area contributed by atoms with Gasteiger partial charge in [0.2, 0.25) is 88.6 Å². The summed E-state index contributed by atoms with van der Waals surface area (Å²) in [4.78, 5) is 204. The number of amides is 15. The maximum Gasteiger partial charge on any atom is 0.245 e. The van der Waals surface area contributed by atoms with Crippen LogP contribution in [0.25, 0.3) is 0 Å². The van der Waals surface area contributed by atoms with Crippen LogP contribution >= 0.6 is 23.5 Å². The first-order valence-electron chi connectivity index (χ1n) is 34.6. The van der Waals surface area contributed by atoms with E-state index >= 15 is 0 Å². The summed E-state index contributed by atoms with van der Waals surface area (Å²) in [7, 11) is 0. The average molecular weight is 1470 g/mol. The molecule has 0 aromatic heterocycles. The van der Waals surface area contributed by atoms with Gasteiger partial charge in [-0.1, -0.05) is 55.4 Å². The van der Waals surface area contributed by atoms with Crippen LogP contribution in [0.2, 0.25) is 0 Å². The zero-order chi connectivity index (χ0) is 76.6. The highest BCUT2D eigenvalue weighted by Crippen LogP contribution is 2.22. The van der Waals surface area contributed by atoms with Crippen LogP contribution in [0, 0.1) is 23.7 Å². The van der Waals surface area contributed by atoms with Gasteiger partial charge in [-0.25, -0.2) is 0 Å². The van der Waals surface area contributed by atoms with Crippen LogP contribution in [-0.2, 0) is 71.9 Å². The van der Waals surface area contributed by atoms with Gasteiger partial charge in [-0.3, -0.25) is 71.9 Å². The van der Waals surface area contributed by atoms with E-state index in [2.05, 4.69) is 63.8 Å². The summed E-state index contributed by atoms with van der Waals surface area (Å²) in [6, 6.07) is -15.6. The number of nitrogens with two attached hydrogens (primary N) is 4. The average Bonchev–Trinajstić information content (AvgIpc) is 1.74. The molecule has 1 rings (SSSR count). The molecular formula is C65H117N17O17S2. The van der Waals surface area contributed by atoms with E-state index < -0.39 is 193 Å². The molecule has 12 atom stereocenters. The minimum absolute atomic E-state index is 0.0213. The van der Waals surface area contributed by atoms with E-state index in [4.69, 9.17) is 22.9 Å². The number of nitrogens with zero attached hydrogens (tertiary/aromatic N) is 1. The quantitative estimate of drug-likeness (QED) is 0.0256. The van der Waals surface area contributed by atoms with Crippen molar-refractivity contribution in [1.29, 1.82) is 0 Å². The molecule has 0 spiro atoms. The SMILES string of the molecule is CSCC[C@H](NC(=O)CNC(=O)[C@H](CCC(N)=O)NC(=O)[C@@H](NC(=O)[C@H](CCCCN)NC(=O)[C@@H]1CCCN1C(=O)[C@H](CC(C)C)NC(=O)[C@H](CC(C)C)NC(=O)[C@H](CCCCN)NC(C)=O)C(C)C)C(=O)N[C@@H](CO)C(=O)N[C@@H](CC(C)C)C(=O)N[C@@H](CCSC)C(=O)N[C@@H](CO)C(N)=O. The summed E-state index contributed by atoms with van der Waals surface area (Å²) in [5, 5.41) is 50.7. The summed E-state index contributed by atoms with van der Waals surface area (Å²) in [5.41, 5.74) is 22.2. The number of primary amides is 2. The normalized spacial score (nSPS) is 16.1. The number of hydrogen-bond donors (Lipinski definition) is 18. The zero-order valence-corrected chi connectivity index (χ0v) is 62.2. The van der Waals surface area contributed by atoms with Gasteiger partial charge in [-0.2, -0.15) is 23.5 Å². The third-order valence-corrected chi connectivity index (χ3v) is 17.5. The van der Waals surface area contributed by atoms with Crippen molar-refractivity contribution < 1.29 is 82.1 Å². The van der Waals surface area contributed by atoms with Crippen LogP contribution in [0.15, 0.2) is 0 Å². The van der Waals surface area contributed by atoms with Crippen LogP contribution in [0.5, 0.6) is 0 Å². The first kappa shape index (κ1) is 91.6.